The van der Waals surface area contributed by atoms with Gasteiger partial charge in [-0.25, -0.2) is 4.79 Å². The van der Waals surface area contributed by atoms with E-state index < -0.39 is 5.97 Å². The lowest BCUT2D eigenvalue weighted by Gasteiger charge is -2.44. The van der Waals surface area contributed by atoms with Crippen molar-refractivity contribution in [3.8, 4) is 0 Å². The van der Waals surface area contributed by atoms with E-state index in [4.69, 9.17) is 4.74 Å². The number of nitrogens with zero attached hydrogens (tertiary/aromatic N) is 1. The molecule has 1 saturated carbocycles. The van der Waals surface area contributed by atoms with E-state index in [0.29, 0.717) is 46.9 Å². The van der Waals surface area contributed by atoms with E-state index >= 15 is 0 Å². The minimum Gasteiger partial charge on any atom is -0.465 e. The van der Waals surface area contributed by atoms with Gasteiger partial charge in [0.2, 0.25) is 0 Å². The number of methoxy groups -OCH3 is 1. The number of benzene rings is 2. The van der Waals surface area contributed by atoms with Gasteiger partial charge in [0, 0.05) is 12.0 Å². The largest absolute Gasteiger partial charge is 0.465 e. The first-order valence-electron chi connectivity index (χ1n) is 13.8. The van der Waals surface area contributed by atoms with Crippen molar-refractivity contribution in [3.63, 3.8) is 0 Å². The van der Waals surface area contributed by atoms with E-state index in [2.05, 4.69) is 17.4 Å². The molecule has 37 heavy (non-hydrogen) atoms. The molecular weight excluding hydrogens is 464 g/mol. The third-order valence-electron chi connectivity index (χ3n) is 8.25. The van der Waals surface area contributed by atoms with Crippen LogP contribution in [0.3, 0.4) is 0 Å². The fourth-order valence-corrected chi connectivity index (χ4v) is 6.34. The van der Waals surface area contributed by atoms with Crippen molar-refractivity contribution in [3.05, 3.63) is 65.2 Å². The fourth-order valence-electron chi connectivity index (χ4n) is 6.34. The Morgan fingerprint density at radius 2 is 1.70 bits per heavy atom. The lowest BCUT2D eigenvalue weighted by Crippen LogP contribution is -2.58. The zero-order chi connectivity index (χ0) is 26.3. The molecule has 2 atom stereocenters. The maximum atomic E-state index is 13.5. The molecule has 4 rings (SSSR count). The second-order valence-corrected chi connectivity index (χ2v) is 11.1. The lowest BCUT2D eigenvalue weighted by molar-refractivity contribution is -0.940. The average Bonchev–Trinajstić information content (AvgIpc) is 2.90. The van der Waals surface area contributed by atoms with Gasteiger partial charge in [-0.05, 0) is 37.3 Å². The van der Waals surface area contributed by atoms with Crippen LogP contribution in [0.5, 0.6) is 0 Å². The first-order chi connectivity index (χ1) is 17.9. The van der Waals surface area contributed by atoms with Crippen LogP contribution in [0.2, 0.25) is 0 Å². The zero-order valence-corrected chi connectivity index (χ0v) is 22.3. The summed E-state index contributed by atoms with van der Waals surface area (Å²) in [5, 5.41) is 3.02. The monoisotopic (exact) mass is 505 g/mol. The van der Waals surface area contributed by atoms with Gasteiger partial charge >= 0.3 is 5.97 Å². The van der Waals surface area contributed by atoms with Crippen LogP contribution in [0.25, 0.3) is 0 Å². The standard InChI is InChI=1S/C31H40N2O4/c1-23-11-9-17-27(31(36)37-2)30(23)32-29(35)22-33(20-25-14-7-4-8-15-25)18-10-16-26(21-33)28(34)19-24-12-5-3-6-13-24/h4,7-9,11,14-15,17,24,26H,3,5-6,10,12-13,16,18-22H2,1-2H3/p+1. The van der Waals surface area contributed by atoms with Crippen molar-refractivity contribution >= 4 is 23.3 Å². The number of carbonyl (C=O) groups excluding carboxylic acids is 3. The van der Waals surface area contributed by atoms with Crippen molar-refractivity contribution in [1.29, 1.82) is 0 Å². The van der Waals surface area contributed by atoms with Gasteiger partial charge in [-0.2, -0.15) is 0 Å². The Kier molecular flexibility index (Phi) is 9.14. The van der Waals surface area contributed by atoms with Gasteiger partial charge in [0.05, 0.1) is 37.4 Å². The number of amides is 1. The Labute approximate surface area is 221 Å². The molecular formula is C31H41N2O4+. The van der Waals surface area contributed by atoms with Crippen molar-refractivity contribution < 1.29 is 23.6 Å². The molecule has 1 aliphatic carbocycles. The summed E-state index contributed by atoms with van der Waals surface area (Å²) in [6.07, 6.45) is 8.64. The van der Waals surface area contributed by atoms with Gasteiger partial charge in [0.1, 0.15) is 12.3 Å². The number of ketones is 1. The highest BCUT2D eigenvalue weighted by Crippen LogP contribution is 2.32. The van der Waals surface area contributed by atoms with E-state index in [9.17, 15) is 14.4 Å². The van der Waals surface area contributed by atoms with E-state index in [1.54, 1.807) is 12.1 Å². The number of ether oxygens (including phenoxy) is 1. The molecule has 1 N–H and O–H groups in total. The molecule has 6 nitrogen and oxygen atoms in total. The second-order valence-electron chi connectivity index (χ2n) is 11.1. The Balaban J connectivity index is 1.53. The molecule has 2 aromatic rings. The number of aryl methyl sites for hydroxylation is 1. The van der Waals surface area contributed by atoms with Crippen molar-refractivity contribution in [2.75, 3.05) is 32.1 Å². The molecule has 2 unspecified atom stereocenters. The quantitative estimate of drug-likeness (QED) is 0.351. The minimum atomic E-state index is -0.474. The first-order valence-corrected chi connectivity index (χ1v) is 13.8. The lowest BCUT2D eigenvalue weighted by atomic mass is 9.81. The highest BCUT2D eigenvalue weighted by atomic mass is 16.5. The van der Waals surface area contributed by atoms with E-state index in [0.717, 1.165) is 24.9 Å². The summed E-state index contributed by atoms with van der Waals surface area (Å²) in [5.41, 5.74) is 2.83. The number of esters is 1. The molecule has 2 aromatic carbocycles. The Morgan fingerprint density at radius 1 is 0.946 bits per heavy atom. The number of likely N-dealkylation sites (tertiary alicyclic amines) is 1. The Morgan fingerprint density at radius 3 is 2.43 bits per heavy atom. The molecule has 198 valence electrons. The number of para-hydroxylation sites is 1. The number of carbonyl (C=O) groups is 3. The fraction of sp³-hybridized carbons (Fsp3) is 0.516. The predicted molar refractivity (Wildman–Crippen MR) is 145 cm³/mol. The SMILES string of the molecule is COC(=O)c1cccc(C)c1NC(=O)C[N+]1(Cc2ccccc2)CCCC(C(=O)CC2CCCCC2)C1. The molecule has 0 radical (unpaired) electrons. The molecule has 0 aromatic heterocycles. The van der Waals surface area contributed by atoms with E-state index in [-0.39, 0.29) is 18.4 Å². The van der Waals surface area contributed by atoms with E-state index in [1.807, 2.05) is 31.2 Å². The molecule has 0 spiro atoms. The van der Waals surface area contributed by atoms with E-state index in [1.165, 1.54) is 44.8 Å². The van der Waals surface area contributed by atoms with Crippen LogP contribution in [0.4, 0.5) is 5.69 Å². The van der Waals surface area contributed by atoms with Crippen LogP contribution in [0.1, 0.15) is 72.9 Å². The molecule has 2 fully saturated rings. The van der Waals surface area contributed by atoms with Crippen LogP contribution in [-0.4, -0.2) is 48.9 Å². The number of anilines is 1. The van der Waals surface area contributed by atoms with Crippen molar-refractivity contribution in [1.82, 2.24) is 0 Å². The number of hydrogen-bond acceptors (Lipinski definition) is 4. The van der Waals surface area contributed by atoms with Gasteiger partial charge in [-0.1, -0.05) is 74.6 Å². The number of hydrogen-bond donors (Lipinski definition) is 1. The van der Waals surface area contributed by atoms with Crippen LogP contribution >= 0.6 is 0 Å². The van der Waals surface area contributed by atoms with Crippen LogP contribution < -0.4 is 5.32 Å². The molecule has 1 aliphatic heterocycles. The average molecular weight is 506 g/mol. The third-order valence-corrected chi connectivity index (χ3v) is 8.25. The van der Waals surface area contributed by atoms with Crippen molar-refractivity contribution in [2.24, 2.45) is 11.8 Å². The van der Waals surface area contributed by atoms with Crippen LogP contribution in [0, 0.1) is 18.8 Å². The summed E-state index contributed by atoms with van der Waals surface area (Å²) in [4.78, 5) is 39.3. The smallest absolute Gasteiger partial charge is 0.339 e. The van der Waals surface area contributed by atoms with Crippen molar-refractivity contribution in [2.45, 2.75) is 64.8 Å². The van der Waals surface area contributed by atoms with Gasteiger partial charge in [-0.15, -0.1) is 0 Å². The maximum Gasteiger partial charge on any atom is 0.339 e. The number of rotatable bonds is 9. The topological polar surface area (TPSA) is 72.5 Å². The summed E-state index contributed by atoms with van der Waals surface area (Å²) in [5.74, 6) is 0.292. The molecule has 1 heterocycles. The summed E-state index contributed by atoms with van der Waals surface area (Å²) in [6.45, 7) is 4.38. The summed E-state index contributed by atoms with van der Waals surface area (Å²) >= 11 is 0. The summed E-state index contributed by atoms with van der Waals surface area (Å²) in [7, 11) is 1.34. The Hall–Kier alpha value is -2.99. The van der Waals surface area contributed by atoms with Gasteiger partial charge in [0.25, 0.3) is 5.91 Å². The normalized spacial score (nSPS) is 22.3. The second kappa shape index (κ2) is 12.5. The number of piperidine rings is 1. The number of Topliss-reactive ketones (excluding diaryl/α,β-unsaturated/α-hetero) is 1. The third kappa shape index (κ3) is 7.07. The molecule has 0 bridgehead atoms. The molecule has 1 saturated heterocycles. The van der Waals surface area contributed by atoms with Gasteiger partial charge in [-0.3, -0.25) is 9.59 Å². The maximum absolute atomic E-state index is 13.5. The summed E-state index contributed by atoms with van der Waals surface area (Å²) in [6, 6.07) is 15.6. The molecule has 2 aliphatic rings. The number of quaternary nitrogens is 1. The first kappa shape index (κ1) is 27.1. The highest BCUT2D eigenvalue weighted by molar-refractivity contribution is 6.02. The van der Waals surface area contributed by atoms with Gasteiger partial charge < -0.3 is 14.5 Å². The predicted octanol–water partition coefficient (Wildman–Crippen LogP) is 5.69. The van der Waals surface area contributed by atoms with Gasteiger partial charge in [0.15, 0.2) is 6.54 Å². The van der Waals surface area contributed by atoms with Crippen LogP contribution in [0.15, 0.2) is 48.5 Å². The summed E-state index contributed by atoms with van der Waals surface area (Å²) < 4.78 is 5.49. The molecule has 1 amide bonds. The zero-order valence-electron chi connectivity index (χ0n) is 22.3. The minimum absolute atomic E-state index is 0.00344. The highest BCUT2D eigenvalue weighted by Gasteiger charge is 2.40. The van der Waals surface area contributed by atoms with Crippen LogP contribution in [-0.2, 0) is 20.9 Å². The molecule has 6 heteroatoms. The number of nitrogens with one attached hydrogen (secondary N) is 1. The Bertz CT molecular complexity index is 1090.